The van der Waals surface area contributed by atoms with Crippen molar-refractivity contribution in [1.82, 2.24) is 0 Å². The van der Waals surface area contributed by atoms with Crippen LogP contribution in [-0.4, -0.2) is 18.0 Å². The summed E-state index contributed by atoms with van der Waals surface area (Å²) in [7, 11) is 0. The number of carbonyl (C=O) groups is 1. The lowest BCUT2D eigenvalue weighted by Gasteiger charge is -2.31. The molecule has 1 aliphatic carbocycles. The second-order valence-electron chi connectivity index (χ2n) is 5.30. The van der Waals surface area contributed by atoms with Gasteiger partial charge in [-0.1, -0.05) is 25.7 Å². The van der Waals surface area contributed by atoms with E-state index >= 15 is 0 Å². The van der Waals surface area contributed by atoms with E-state index in [2.05, 4.69) is 0 Å². The summed E-state index contributed by atoms with van der Waals surface area (Å²) in [4.78, 5) is 12.7. The maximum Gasteiger partial charge on any atom is 0.194 e. The monoisotopic (exact) mass is 282 g/mol. The van der Waals surface area contributed by atoms with E-state index in [-0.39, 0.29) is 11.3 Å². The van der Waals surface area contributed by atoms with Gasteiger partial charge >= 0.3 is 0 Å². The molecule has 0 aromatic heterocycles. The van der Waals surface area contributed by atoms with E-state index in [1.165, 1.54) is 6.07 Å². The Morgan fingerprint density at radius 2 is 1.80 bits per heavy atom. The van der Waals surface area contributed by atoms with Gasteiger partial charge in [0.2, 0.25) is 0 Å². The van der Waals surface area contributed by atoms with Crippen molar-refractivity contribution in [1.29, 1.82) is 0 Å². The van der Waals surface area contributed by atoms with Crippen LogP contribution in [0.5, 0.6) is 0 Å². The first kappa shape index (κ1) is 15.1. The van der Waals surface area contributed by atoms with Crippen LogP contribution in [0.4, 0.5) is 8.78 Å². The minimum atomic E-state index is -0.990. The summed E-state index contributed by atoms with van der Waals surface area (Å²) < 4.78 is 32.1. The molecule has 1 saturated carbocycles. The number of rotatable bonds is 4. The van der Waals surface area contributed by atoms with Gasteiger partial charge < -0.3 is 4.74 Å². The molecule has 20 heavy (non-hydrogen) atoms. The normalized spacial score (nSPS) is 18.6. The first-order valence-corrected chi connectivity index (χ1v) is 7.23. The number of hydrogen-bond donors (Lipinski definition) is 0. The number of benzene rings is 1. The Balaban J connectivity index is 2.32. The Hall–Kier alpha value is -1.29. The quantitative estimate of drug-likeness (QED) is 0.608. The second-order valence-corrected chi connectivity index (χ2v) is 5.30. The van der Waals surface area contributed by atoms with Crippen molar-refractivity contribution in [3.8, 4) is 0 Å². The Labute approximate surface area is 118 Å². The van der Waals surface area contributed by atoms with E-state index in [4.69, 9.17) is 4.74 Å². The molecule has 2 rings (SSSR count). The second kappa shape index (κ2) is 6.44. The van der Waals surface area contributed by atoms with Crippen molar-refractivity contribution in [3.63, 3.8) is 0 Å². The summed E-state index contributed by atoms with van der Waals surface area (Å²) in [5, 5.41) is 0. The first-order valence-electron chi connectivity index (χ1n) is 7.23. The molecule has 1 aliphatic rings. The van der Waals surface area contributed by atoms with Crippen LogP contribution in [0.15, 0.2) is 18.2 Å². The van der Waals surface area contributed by atoms with Gasteiger partial charge in [-0.05, 0) is 38.0 Å². The Morgan fingerprint density at radius 1 is 1.15 bits per heavy atom. The fraction of sp³-hybridized carbons (Fsp3) is 0.562. The van der Waals surface area contributed by atoms with E-state index in [1.54, 1.807) is 0 Å². The average Bonchev–Trinajstić information content (AvgIpc) is 2.68. The predicted molar refractivity (Wildman–Crippen MR) is 72.7 cm³/mol. The summed E-state index contributed by atoms with van der Waals surface area (Å²) in [6, 6.07) is 3.31. The molecular formula is C16H20F2O2. The molecule has 0 spiro atoms. The number of hydrogen-bond acceptors (Lipinski definition) is 2. The number of Topliss-reactive ketones (excluding diaryl/α,β-unsaturated/α-hetero) is 1. The zero-order valence-electron chi connectivity index (χ0n) is 11.8. The molecule has 2 nitrogen and oxygen atoms in total. The number of ether oxygens (including phenoxy) is 1. The molecule has 0 N–H and O–H groups in total. The molecule has 0 amide bonds. The predicted octanol–water partition coefficient (Wildman–Crippen LogP) is 4.28. The van der Waals surface area contributed by atoms with Crippen molar-refractivity contribution in [2.75, 3.05) is 6.61 Å². The zero-order chi connectivity index (χ0) is 14.6. The largest absolute Gasteiger partial charge is 0.367 e. The Morgan fingerprint density at radius 3 is 2.35 bits per heavy atom. The van der Waals surface area contributed by atoms with Gasteiger partial charge in [0.05, 0.1) is 0 Å². The van der Waals surface area contributed by atoms with Crippen LogP contribution in [0, 0.1) is 11.6 Å². The summed E-state index contributed by atoms with van der Waals surface area (Å²) in [5.41, 5.74) is -0.672. The summed E-state index contributed by atoms with van der Waals surface area (Å²) in [6.07, 6.45) is 5.32. The molecule has 0 bridgehead atoms. The molecule has 110 valence electrons. The topological polar surface area (TPSA) is 26.3 Å². The van der Waals surface area contributed by atoms with Gasteiger partial charge in [-0.25, -0.2) is 8.78 Å². The van der Waals surface area contributed by atoms with Crippen LogP contribution >= 0.6 is 0 Å². The highest BCUT2D eigenvalue weighted by Gasteiger charge is 2.39. The third-order valence-corrected chi connectivity index (χ3v) is 3.93. The van der Waals surface area contributed by atoms with Crippen LogP contribution in [0.3, 0.4) is 0 Å². The number of ketones is 1. The fourth-order valence-corrected chi connectivity index (χ4v) is 2.91. The van der Waals surface area contributed by atoms with Crippen molar-refractivity contribution in [2.45, 2.75) is 51.0 Å². The Kier molecular flexibility index (Phi) is 4.86. The maximum atomic E-state index is 13.3. The Bertz CT molecular complexity index is 477. The molecule has 4 heteroatoms. The van der Waals surface area contributed by atoms with E-state index < -0.39 is 17.2 Å². The summed E-state index contributed by atoms with van der Waals surface area (Å²) in [5.74, 6) is -2.15. The lowest BCUT2D eigenvalue weighted by molar-refractivity contribution is -0.0292. The van der Waals surface area contributed by atoms with Crippen molar-refractivity contribution < 1.29 is 18.3 Å². The highest BCUT2D eigenvalue weighted by Crippen LogP contribution is 2.34. The first-order chi connectivity index (χ1) is 9.59. The standard InChI is InChI=1S/C16H20F2O2/c1-2-20-16(9-5-3-4-6-10-16)15(19)12-7-8-13(17)14(18)11-12/h7-8,11H,2-6,9-10H2,1H3. The van der Waals surface area contributed by atoms with Gasteiger partial charge in [0.1, 0.15) is 5.60 Å². The third kappa shape index (κ3) is 3.06. The minimum Gasteiger partial charge on any atom is -0.367 e. The molecule has 1 aromatic rings. The molecule has 0 radical (unpaired) electrons. The van der Waals surface area contributed by atoms with Gasteiger partial charge in [-0.15, -0.1) is 0 Å². The van der Waals surface area contributed by atoms with E-state index in [1.807, 2.05) is 6.92 Å². The highest BCUT2D eigenvalue weighted by molar-refractivity contribution is 6.02. The van der Waals surface area contributed by atoms with Crippen LogP contribution in [0.25, 0.3) is 0 Å². The smallest absolute Gasteiger partial charge is 0.194 e. The molecule has 1 aromatic carbocycles. The molecule has 0 unspecified atom stereocenters. The lowest BCUT2D eigenvalue weighted by atomic mass is 9.85. The van der Waals surface area contributed by atoms with Crippen molar-refractivity contribution in [3.05, 3.63) is 35.4 Å². The fourth-order valence-electron chi connectivity index (χ4n) is 2.91. The molecule has 0 atom stereocenters. The van der Waals surface area contributed by atoms with E-state index in [9.17, 15) is 13.6 Å². The molecular weight excluding hydrogens is 262 g/mol. The molecule has 0 heterocycles. The SMILES string of the molecule is CCOC1(C(=O)c2ccc(F)c(F)c2)CCCCCC1. The summed E-state index contributed by atoms with van der Waals surface area (Å²) in [6.45, 7) is 2.29. The van der Waals surface area contributed by atoms with Gasteiger partial charge in [0.25, 0.3) is 0 Å². The zero-order valence-corrected chi connectivity index (χ0v) is 11.8. The average molecular weight is 282 g/mol. The molecule has 1 fully saturated rings. The van der Waals surface area contributed by atoms with Crippen LogP contribution in [0.1, 0.15) is 55.8 Å². The minimum absolute atomic E-state index is 0.194. The van der Waals surface area contributed by atoms with Gasteiger partial charge in [-0.3, -0.25) is 4.79 Å². The maximum absolute atomic E-state index is 13.3. The number of halogens is 2. The summed E-state index contributed by atoms with van der Waals surface area (Å²) >= 11 is 0. The third-order valence-electron chi connectivity index (χ3n) is 3.93. The van der Waals surface area contributed by atoms with Crippen molar-refractivity contribution in [2.24, 2.45) is 0 Å². The highest BCUT2D eigenvalue weighted by atomic mass is 19.2. The molecule has 0 aliphatic heterocycles. The van der Waals surface area contributed by atoms with Crippen LogP contribution < -0.4 is 0 Å². The molecule has 0 saturated heterocycles. The van der Waals surface area contributed by atoms with Gasteiger partial charge in [0.15, 0.2) is 17.4 Å². The number of carbonyl (C=O) groups excluding carboxylic acids is 1. The van der Waals surface area contributed by atoms with Gasteiger partial charge in [0, 0.05) is 12.2 Å². The van der Waals surface area contributed by atoms with Crippen molar-refractivity contribution >= 4 is 5.78 Å². The van der Waals surface area contributed by atoms with E-state index in [0.717, 1.165) is 37.8 Å². The van der Waals surface area contributed by atoms with E-state index in [0.29, 0.717) is 19.4 Å². The van der Waals surface area contributed by atoms with Gasteiger partial charge in [-0.2, -0.15) is 0 Å². The van der Waals surface area contributed by atoms with Crippen LogP contribution in [-0.2, 0) is 4.74 Å². The van der Waals surface area contributed by atoms with Crippen LogP contribution in [0.2, 0.25) is 0 Å². The lowest BCUT2D eigenvalue weighted by Crippen LogP contribution is -2.41.